The molecule has 3 N–H and O–H groups in total. The molecule has 2 amide bonds. The first-order valence-corrected chi connectivity index (χ1v) is 15.2. The summed E-state index contributed by atoms with van der Waals surface area (Å²) in [4.78, 5) is 36.9. The second kappa shape index (κ2) is 14.8. The Kier molecular flexibility index (Phi) is 10.4. The first kappa shape index (κ1) is 30.9. The minimum absolute atomic E-state index is 0.0985. The summed E-state index contributed by atoms with van der Waals surface area (Å²) in [7, 11) is 0. The Bertz CT molecular complexity index is 1580. The molecule has 1 aliphatic carbocycles. The number of hydrogen-bond acceptors (Lipinski definition) is 5. The van der Waals surface area contributed by atoms with Crippen LogP contribution in [0.1, 0.15) is 53.1 Å². The lowest BCUT2D eigenvalue weighted by Crippen LogP contribution is -2.46. The van der Waals surface area contributed by atoms with E-state index in [1.807, 2.05) is 66.7 Å². The summed E-state index contributed by atoms with van der Waals surface area (Å²) >= 11 is 6.10. The summed E-state index contributed by atoms with van der Waals surface area (Å²) in [5.74, 6) is -0.185. The SMILES string of the molecule is O=C(NC(CCCCN[C@@H]1C[C@H]1c1ccc([N+](=O)[O-])cc1)C(=O)NCc1cccc(Cl)c1)c1ccc(-c2ccccc2)cc1. The standard InChI is InChI=1S/C35H35ClN4O4/c36-29-10-6-7-24(21-29)23-38-35(42)32(39-34(41)28-14-12-26(13-15-28)25-8-2-1-3-9-25)11-4-5-20-37-33-22-31(33)27-16-18-30(19-17-27)40(43)44/h1-3,6-10,12-19,21,31-33,37H,4-5,11,20,22-23H2,(H,38,42)(H,39,41)/t31-,32?,33+/m0/s1. The Hall–Kier alpha value is -4.53. The molecule has 0 heterocycles. The van der Waals surface area contributed by atoms with Crippen molar-refractivity contribution in [3.05, 3.63) is 135 Å². The van der Waals surface area contributed by atoms with Gasteiger partial charge >= 0.3 is 0 Å². The van der Waals surface area contributed by atoms with Gasteiger partial charge in [-0.2, -0.15) is 0 Å². The predicted octanol–water partition coefficient (Wildman–Crippen LogP) is 6.65. The number of nitro groups is 1. The van der Waals surface area contributed by atoms with Crippen LogP contribution in [0.2, 0.25) is 5.02 Å². The number of nitro benzene ring substituents is 1. The summed E-state index contributed by atoms with van der Waals surface area (Å²) < 4.78 is 0. The maximum absolute atomic E-state index is 13.2. The van der Waals surface area contributed by atoms with Crippen molar-refractivity contribution in [1.29, 1.82) is 0 Å². The van der Waals surface area contributed by atoms with Gasteiger partial charge in [-0.05, 0) is 78.7 Å². The number of halogens is 1. The lowest BCUT2D eigenvalue weighted by molar-refractivity contribution is -0.384. The molecule has 0 aromatic heterocycles. The van der Waals surface area contributed by atoms with E-state index < -0.39 is 6.04 Å². The predicted molar refractivity (Wildman–Crippen MR) is 173 cm³/mol. The highest BCUT2D eigenvalue weighted by atomic mass is 35.5. The van der Waals surface area contributed by atoms with E-state index in [0.717, 1.165) is 48.1 Å². The molecule has 226 valence electrons. The molecule has 8 nitrogen and oxygen atoms in total. The highest BCUT2D eigenvalue weighted by Crippen LogP contribution is 2.41. The maximum atomic E-state index is 13.2. The van der Waals surface area contributed by atoms with Crippen LogP contribution >= 0.6 is 11.6 Å². The number of non-ortho nitro benzene ring substituents is 1. The minimum Gasteiger partial charge on any atom is -0.350 e. The zero-order valence-corrected chi connectivity index (χ0v) is 25.0. The van der Waals surface area contributed by atoms with Crippen LogP contribution in [0.25, 0.3) is 11.1 Å². The zero-order chi connectivity index (χ0) is 30.9. The van der Waals surface area contributed by atoms with Crippen molar-refractivity contribution >= 4 is 29.1 Å². The molecule has 1 unspecified atom stereocenters. The van der Waals surface area contributed by atoms with Crippen molar-refractivity contribution in [2.45, 2.75) is 50.2 Å². The van der Waals surface area contributed by atoms with Crippen LogP contribution in [0.4, 0.5) is 5.69 Å². The second-order valence-electron chi connectivity index (χ2n) is 11.1. The van der Waals surface area contributed by atoms with Gasteiger partial charge in [-0.1, -0.05) is 78.3 Å². The third-order valence-electron chi connectivity index (χ3n) is 7.88. The third-order valence-corrected chi connectivity index (χ3v) is 8.12. The van der Waals surface area contributed by atoms with E-state index in [2.05, 4.69) is 16.0 Å². The van der Waals surface area contributed by atoms with Crippen LogP contribution in [0.3, 0.4) is 0 Å². The van der Waals surface area contributed by atoms with Gasteiger partial charge in [0.15, 0.2) is 0 Å². The van der Waals surface area contributed by atoms with Crippen LogP contribution in [0.5, 0.6) is 0 Å². The Morgan fingerprint density at radius 3 is 2.32 bits per heavy atom. The molecule has 0 spiro atoms. The van der Waals surface area contributed by atoms with Crippen LogP contribution in [0, 0.1) is 10.1 Å². The Morgan fingerprint density at radius 2 is 1.61 bits per heavy atom. The summed E-state index contributed by atoms with van der Waals surface area (Å²) in [5.41, 5.74) is 4.65. The molecule has 1 aliphatic rings. The van der Waals surface area contributed by atoms with Gasteiger partial charge in [-0.3, -0.25) is 19.7 Å². The first-order chi connectivity index (χ1) is 21.4. The van der Waals surface area contributed by atoms with Gasteiger partial charge in [0.05, 0.1) is 4.92 Å². The molecule has 0 bridgehead atoms. The van der Waals surface area contributed by atoms with E-state index in [-0.39, 0.29) is 22.4 Å². The summed E-state index contributed by atoms with van der Waals surface area (Å²) in [6.07, 6.45) is 3.06. The Balaban J connectivity index is 1.13. The molecule has 5 rings (SSSR count). The number of nitrogens with zero attached hydrogens (tertiary/aromatic N) is 1. The van der Waals surface area contributed by atoms with Gasteiger partial charge in [-0.15, -0.1) is 0 Å². The average molecular weight is 611 g/mol. The smallest absolute Gasteiger partial charge is 0.269 e. The van der Waals surface area contributed by atoms with E-state index in [4.69, 9.17) is 11.6 Å². The van der Waals surface area contributed by atoms with E-state index in [1.54, 1.807) is 36.4 Å². The highest BCUT2D eigenvalue weighted by Gasteiger charge is 2.37. The number of hydrogen-bond donors (Lipinski definition) is 3. The summed E-state index contributed by atoms with van der Waals surface area (Å²) in [5, 5.41) is 20.9. The monoisotopic (exact) mass is 610 g/mol. The molecule has 1 fully saturated rings. The van der Waals surface area contributed by atoms with Gasteiger partial charge < -0.3 is 16.0 Å². The summed E-state index contributed by atoms with van der Waals surface area (Å²) in [6, 6.07) is 31.0. The number of nitrogens with one attached hydrogen (secondary N) is 3. The molecule has 4 aromatic rings. The molecule has 9 heteroatoms. The van der Waals surface area contributed by atoms with Crippen molar-refractivity contribution in [3.63, 3.8) is 0 Å². The van der Waals surface area contributed by atoms with Gasteiger partial charge in [0, 0.05) is 41.2 Å². The van der Waals surface area contributed by atoms with Crippen LogP contribution in [-0.2, 0) is 11.3 Å². The molecule has 0 saturated heterocycles. The quantitative estimate of drug-likeness (QED) is 0.0841. The molecule has 1 saturated carbocycles. The average Bonchev–Trinajstić information content (AvgIpc) is 3.83. The number of amides is 2. The molecular weight excluding hydrogens is 576 g/mol. The topological polar surface area (TPSA) is 113 Å². The van der Waals surface area contributed by atoms with Gasteiger partial charge in [0.2, 0.25) is 5.91 Å². The van der Waals surface area contributed by atoms with Crippen molar-refractivity contribution in [2.75, 3.05) is 6.54 Å². The Morgan fingerprint density at radius 1 is 0.886 bits per heavy atom. The number of carbonyl (C=O) groups is 2. The van der Waals surface area contributed by atoms with Crippen molar-refractivity contribution in [2.24, 2.45) is 0 Å². The number of unbranched alkanes of at least 4 members (excludes halogenated alkanes) is 1. The maximum Gasteiger partial charge on any atom is 0.269 e. The van der Waals surface area contributed by atoms with E-state index in [9.17, 15) is 19.7 Å². The van der Waals surface area contributed by atoms with Gasteiger partial charge in [0.25, 0.3) is 11.6 Å². The normalized spacial score (nSPS) is 16.1. The zero-order valence-electron chi connectivity index (χ0n) is 24.2. The number of benzene rings is 4. The largest absolute Gasteiger partial charge is 0.350 e. The molecule has 0 radical (unpaired) electrons. The van der Waals surface area contributed by atoms with Crippen molar-refractivity contribution < 1.29 is 14.5 Å². The number of carbonyl (C=O) groups excluding carboxylic acids is 2. The fourth-order valence-electron chi connectivity index (χ4n) is 5.31. The lowest BCUT2D eigenvalue weighted by Gasteiger charge is -2.19. The molecular formula is C35H35ClN4O4. The molecule has 4 aromatic carbocycles. The highest BCUT2D eigenvalue weighted by molar-refractivity contribution is 6.30. The van der Waals surface area contributed by atoms with Crippen LogP contribution < -0.4 is 16.0 Å². The molecule has 3 atom stereocenters. The van der Waals surface area contributed by atoms with Crippen molar-refractivity contribution in [3.8, 4) is 11.1 Å². The van der Waals surface area contributed by atoms with Gasteiger partial charge in [-0.25, -0.2) is 0 Å². The van der Waals surface area contributed by atoms with E-state index >= 15 is 0 Å². The Labute approximate surface area is 262 Å². The second-order valence-corrected chi connectivity index (χ2v) is 11.5. The third kappa shape index (κ3) is 8.52. The van der Waals surface area contributed by atoms with Gasteiger partial charge in [0.1, 0.15) is 6.04 Å². The number of rotatable bonds is 14. The lowest BCUT2D eigenvalue weighted by atomic mass is 10.0. The summed E-state index contributed by atoms with van der Waals surface area (Å²) in [6.45, 7) is 1.09. The fourth-order valence-corrected chi connectivity index (χ4v) is 5.52. The van der Waals surface area contributed by atoms with Crippen LogP contribution in [0.15, 0.2) is 103 Å². The first-order valence-electron chi connectivity index (χ1n) is 14.8. The van der Waals surface area contributed by atoms with E-state index in [1.165, 1.54) is 0 Å². The van der Waals surface area contributed by atoms with E-state index in [0.29, 0.717) is 35.5 Å². The fraction of sp³-hybridized carbons (Fsp3) is 0.257. The van der Waals surface area contributed by atoms with Crippen LogP contribution in [-0.4, -0.2) is 35.4 Å². The van der Waals surface area contributed by atoms with Crippen molar-refractivity contribution in [1.82, 2.24) is 16.0 Å². The molecule has 44 heavy (non-hydrogen) atoms. The molecule has 0 aliphatic heterocycles. The minimum atomic E-state index is -0.690.